The molecule has 1 fully saturated rings. The van der Waals surface area contributed by atoms with Crippen molar-refractivity contribution in [2.24, 2.45) is 0 Å². The summed E-state index contributed by atoms with van der Waals surface area (Å²) in [5.41, 5.74) is 0.965. The Morgan fingerprint density at radius 3 is 2.54 bits per heavy atom. The second kappa shape index (κ2) is 7.63. The third-order valence-electron chi connectivity index (χ3n) is 4.34. The summed E-state index contributed by atoms with van der Waals surface area (Å²) >= 11 is 0. The first-order valence-corrected chi connectivity index (χ1v) is 9.68. The van der Waals surface area contributed by atoms with Crippen LogP contribution in [0.3, 0.4) is 0 Å². The molecule has 1 heterocycles. The fourth-order valence-electron chi connectivity index (χ4n) is 2.76. The smallest absolute Gasteiger partial charge is 0.338 e. The normalized spacial score (nSPS) is 21.2. The predicted molar refractivity (Wildman–Crippen MR) is 90.5 cm³/mol. The summed E-state index contributed by atoms with van der Waals surface area (Å²) in [5, 5.41) is 0. The van der Waals surface area contributed by atoms with Gasteiger partial charge in [-0.1, -0.05) is 19.9 Å². The largest absolute Gasteiger partial charge is 0.456 e. The van der Waals surface area contributed by atoms with Gasteiger partial charge in [0, 0.05) is 19.5 Å². The summed E-state index contributed by atoms with van der Waals surface area (Å²) < 4.78 is 37.5. The maximum atomic E-state index is 12.6. The Balaban J connectivity index is 2.30. The molecule has 2 unspecified atom stereocenters. The van der Waals surface area contributed by atoms with Crippen molar-refractivity contribution in [1.82, 2.24) is 4.31 Å². The van der Waals surface area contributed by atoms with Gasteiger partial charge in [0.2, 0.25) is 10.0 Å². The fourth-order valence-corrected chi connectivity index (χ4v) is 4.25. The van der Waals surface area contributed by atoms with Gasteiger partial charge in [-0.2, -0.15) is 4.31 Å². The number of hydrogen-bond acceptors (Lipinski definition) is 5. The highest BCUT2D eigenvalue weighted by Crippen LogP contribution is 2.23. The molecule has 6 nitrogen and oxygen atoms in total. The van der Waals surface area contributed by atoms with E-state index < -0.39 is 16.0 Å². The number of carbonyl (C=O) groups is 1. The number of sulfonamides is 1. The van der Waals surface area contributed by atoms with Crippen LogP contribution in [0.4, 0.5) is 0 Å². The summed E-state index contributed by atoms with van der Waals surface area (Å²) in [5.74, 6) is -0.508. The molecule has 0 saturated carbocycles. The molecule has 1 aliphatic rings. The highest BCUT2D eigenvalue weighted by atomic mass is 32.2. The van der Waals surface area contributed by atoms with E-state index in [-0.39, 0.29) is 22.7 Å². The van der Waals surface area contributed by atoms with Crippen molar-refractivity contribution in [1.29, 1.82) is 0 Å². The average molecular weight is 355 g/mol. The number of benzene rings is 1. The fraction of sp³-hybridized carbons (Fsp3) is 0.588. The third kappa shape index (κ3) is 3.79. The lowest BCUT2D eigenvalue weighted by Gasteiger charge is -2.20. The quantitative estimate of drug-likeness (QED) is 0.733. The molecule has 24 heavy (non-hydrogen) atoms. The van der Waals surface area contributed by atoms with E-state index in [2.05, 4.69) is 0 Å². The maximum absolute atomic E-state index is 12.6. The molecule has 1 aromatic carbocycles. The highest BCUT2D eigenvalue weighted by Gasteiger charge is 2.29. The minimum atomic E-state index is -3.61. The minimum Gasteiger partial charge on any atom is -0.456 e. The molecular weight excluding hydrogens is 330 g/mol. The van der Waals surface area contributed by atoms with Gasteiger partial charge >= 0.3 is 5.97 Å². The molecule has 0 amide bonds. The number of aryl methyl sites for hydroxylation is 1. The zero-order chi connectivity index (χ0) is 17.9. The molecule has 1 saturated heterocycles. The Labute approximate surface area is 143 Å². The second-order valence-corrected chi connectivity index (χ2v) is 7.81. The van der Waals surface area contributed by atoms with Crippen LogP contribution < -0.4 is 0 Å². The summed E-state index contributed by atoms with van der Waals surface area (Å²) in [6.45, 7) is 8.51. The summed E-state index contributed by atoms with van der Waals surface area (Å²) in [6.07, 6.45) is 0.223. The molecule has 0 N–H and O–H groups in total. The van der Waals surface area contributed by atoms with E-state index in [0.29, 0.717) is 31.7 Å². The zero-order valence-electron chi connectivity index (χ0n) is 14.6. The Morgan fingerprint density at radius 1 is 1.33 bits per heavy atom. The van der Waals surface area contributed by atoms with Crippen molar-refractivity contribution in [2.75, 3.05) is 19.7 Å². The van der Waals surface area contributed by atoms with Crippen LogP contribution in [0.25, 0.3) is 0 Å². The van der Waals surface area contributed by atoms with Crippen LogP contribution in [0.1, 0.15) is 43.1 Å². The van der Waals surface area contributed by atoms with E-state index in [9.17, 15) is 13.2 Å². The standard InChI is InChI=1S/C17H25NO5S/c1-5-18(6-2)24(20,21)14-8-7-12(3)15(11-14)17(19)23-16-9-10-22-13(16)4/h7-8,11,13,16H,5-6,9-10H2,1-4H3. The first kappa shape index (κ1) is 18.9. The Bertz CT molecular complexity index is 697. The number of hydrogen-bond donors (Lipinski definition) is 0. The molecule has 7 heteroatoms. The number of carbonyl (C=O) groups excluding carboxylic acids is 1. The van der Waals surface area contributed by atoms with Crippen molar-refractivity contribution < 1.29 is 22.7 Å². The topological polar surface area (TPSA) is 72.9 Å². The van der Waals surface area contributed by atoms with Crippen LogP contribution in [0.2, 0.25) is 0 Å². The van der Waals surface area contributed by atoms with E-state index in [4.69, 9.17) is 9.47 Å². The van der Waals surface area contributed by atoms with Gasteiger partial charge < -0.3 is 9.47 Å². The van der Waals surface area contributed by atoms with Crippen LogP contribution in [0, 0.1) is 6.92 Å². The molecule has 1 aliphatic heterocycles. The van der Waals surface area contributed by atoms with Gasteiger partial charge in [-0.3, -0.25) is 0 Å². The molecule has 134 valence electrons. The van der Waals surface area contributed by atoms with Crippen LogP contribution in [0.5, 0.6) is 0 Å². The summed E-state index contributed by atoms with van der Waals surface area (Å²) in [6, 6.07) is 4.58. The summed E-state index contributed by atoms with van der Waals surface area (Å²) in [4.78, 5) is 12.6. The predicted octanol–water partition coefficient (Wildman–Crippen LogP) is 2.36. The van der Waals surface area contributed by atoms with E-state index in [1.165, 1.54) is 16.4 Å². The maximum Gasteiger partial charge on any atom is 0.338 e. The first-order chi connectivity index (χ1) is 11.3. The Morgan fingerprint density at radius 2 is 2.00 bits per heavy atom. The molecule has 2 rings (SSSR count). The zero-order valence-corrected chi connectivity index (χ0v) is 15.4. The number of nitrogens with zero attached hydrogens (tertiary/aromatic N) is 1. The van der Waals surface area contributed by atoms with Crippen LogP contribution >= 0.6 is 0 Å². The highest BCUT2D eigenvalue weighted by molar-refractivity contribution is 7.89. The van der Waals surface area contributed by atoms with Crippen LogP contribution in [-0.2, 0) is 19.5 Å². The molecule has 0 aromatic heterocycles. The van der Waals surface area contributed by atoms with Gasteiger partial charge in [0.05, 0.1) is 23.2 Å². The van der Waals surface area contributed by atoms with Gasteiger partial charge in [0.25, 0.3) is 0 Å². The molecular formula is C17H25NO5S. The molecule has 0 spiro atoms. The van der Waals surface area contributed by atoms with Crippen molar-refractivity contribution in [3.8, 4) is 0 Å². The number of rotatable bonds is 6. The van der Waals surface area contributed by atoms with Crippen molar-refractivity contribution >= 4 is 16.0 Å². The second-order valence-electron chi connectivity index (χ2n) is 5.87. The molecule has 0 aliphatic carbocycles. The molecule has 1 aromatic rings. The van der Waals surface area contributed by atoms with Crippen LogP contribution in [0.15, 0.2) is 23.1 Å². The summed E-state index contributed by atoms with van der Waals surface area (Å²) in [7, 11) is -3.61. The lowest BCUT2D eigenvalue weighted by atomic mass is 10.1. The van der Waals surface area contributed by atoms with Gasteiger partial charge in [0.1, 0.15) is 6.10 Å². The van der Waals surface area contributed by atoms with Crippen LogP contribution in [-0.4, -0.2) is 50.6 Å². The van der Waals surface area contributed by atoms with Gasteiger partial charge in [-0.15, -0.1) is 0 Å². The number of ether oxygens (including phenoxy) is 2. The van der Waals surface area contributed by atoms with E-state index in [1.807, 2.05) is 6.92 Å². The molecule has 0 radical (unpaired) electrons. The monoisotopic (exact) mass is 355 g/mol. The Kier molecular flexibility index (Phi) is 6.01. The SMILES string of the molecule is CCN(CC)S(=O)(=O)c1ccc(C)c(C(=O)OC2CCOC2C)c1. The lowest BCUT2D eigenvalue weighted by Crippen LogP contribution is -2.31. The average Bonchev–Trinajstić information content (AvgIpc) is 2.93. The minimum absolute atomic E-state index is 0.111. The van der Waals surface area contributed by atoms with Crippen molar-refractivity contribution in [3.63, 3.8) is 0 Å². The van der Waals surface area contributed by atoms with E-state index in [1.54, 1.807) is 26.8 Å². The van der Waals surface area contributed by atoms with E-state index >= 15 is 0 Å². The first-order valence-electron chi connectivity index (χ1n) is 8.24. The molecule has 2 atom stereocenters. The van der Waals surface area contributed by atoms with Gasteiger partial charge in [0.15, 0.2) is 0 Å². The van der Waals surface area contributed by atoms with Crippen molar-refractivity contribution in [3.05, 3.63) is 29.3 Å². The number of esters is 1. The van der Waals surface area contributed by atoms with E-state index in [0.717, 1.165) is 0 Å². The Hall–Kier alpha value is -1.44. The van der Waals surface area contributed by atoms with Gasteiger partial charge in [-0.25, -0.2) is 13.2 Å². The van der Waals surface area contributed by atoms with Crippen molar-refractivity contribution in [2.45, 2.75) is 51.2 Å². The lowest BCUT2D eigenvalue weighted by molar-refractivity contribution is 0.00619. The molecule has 0 bridgehead atoms. The third-order valence-corrected chi connectivity index (χ3v) is 6.38. The van der Waals surface area contributed by atoms with Gasteiger partial charge in [-0.05, 0) is 31.5 Å².